The third kappa shape index (κ3) is 4.47. The number of amides is 2. The molecule has 0 unspecified atom stereocenters. The molecule has 2 fully saturated rings. The molecule has 2 aliphatic rings. The SMILES string of the molecule is CC(C)(C)OC(=O)CN1CCN(c2ccc(B3OC(C)(C)C(C)(C)O3)cc2F)C1=O. The summed E-state index contributed by atoms with van der Waals surface area (Å²) in [4.78, 5) is 27.4. The Kier molecular flexibility index (Phi) is 5.66. The first-order valence-electron chi connectivity index (χ1n) is 10.1. The molecule has 7 nitrogen and oxygen atoms in total. The topological polar surface area (TPSA) is 68.3 Å². The van der Waals surface area contributed by atoms with Crippen LogP contribution in [0.2, 0.25) is 0 Å². The van der Waals surface area contributed by atoms with Gasteiger partial charge in [-0.2, -0.15) is 0 Å². The molecule has 164 valence electrons. The second kappa shape index (κ2) is 7.53. The predicted octanol–water partition coefficient (Wildman–Crippen LogP) is 2.71. The van der Waals surface area contributed by atoms with Crippen LogP contribution in [0.25, 0.3) is 0 Å². The number of rotatable bonds is 4. The summed E-state index contributed by atoms with van der Waals surface area (Å²) in [5.74, 6) is -1.04. The summed E-state index contributed by atoms with van der Waals surface area (Å²) >= 11 is 0. The maximum absolute atomic E-state index is 14.9. The normalized spacial score (nSPS) is 20.8. The van der Waals surface area contributed by atoms with Crippen molar-refractivity contribution in [2.75, 3.05) is 24.5 Å². The van der Waals surface area contributed by atoms with Crippen LogP contribution in [0.4, 0.5) is 14.9 Å². The van der Waals surface area contributed by atoms with E-state index in [2.05, 4.69) is 0 Å². The molecule has 0 aromatic heterocycles. The van der Waals surface area contributed by atoms with Gasteiger partial charge in [0.1, 0.15) is 18.0 Å². The summed E-state index contributed by atoms with van der Waals surface area (Å²) in [7, 11) is -0.684. The summed E-state index contributed by atoms with van der Waals surface area (Å²) in [6.45, 7) is 13.4. The maximum Gasteiger partial charge on any atom is 0.494 e. The van der Waals surface area contributed by atoms with Gasteiger partial charge < -0.3 is 18.9 Å². The molecule has 0 aliphatic carbocycles. The van der Waals surface area contributed by atoms with E-state index in [0.29, 0.717) is 12.0 Å². The van der Waals surface area contributed by atoms with Crippen LogP contribution >= 0.6 is 0 Å². The fraction of sp³-hybridized carbons (Fsp3) is 0.619. The maximum atomic E-state index is 14.9. The second-order valence-corrected chi connectivity index (χ2v) is 9.74. The van der Waals surface area contributed by atoms with E-state index in [1.54, 1.807) is 32.9 Å². The Bertz CT molecular complexity index is 836. The van der Waals surface area contributed by atoms with Crippen molar-refractivity contribution < 1.29 is 28.0 Å². The number of halogens is 1. The first-order chi connectivity index (χ1) is 13.7. The van der Waals surface area contributed by atoms with Gasteiger partial charge in [0.25, 0.3) is 0 Å². The van der Waals surface area contributed by atoms with E-state index in [0.717, 1.165) is 0 Å². The average molecular weight is 420 g/mol. The number of urea groups is 1. The average Bonchev–Trinajstić information content (AvgIpc) is 3.02. The zero-order valence-electron chi connectivity index (χ0n) is 18.7. The zero-order chi connectivity index (χ0) is 22.5. The number of esters is 1. The van der Waals surface area contributed by atoms with Gasteiger partial charge in [-0.1, -0.05) is 6.07 Å². The molecule has 1 aromatic carbocycles. The Hall–Kier alpha value is -2.13. The van der Waals surface area contributed by atoms with Crippen molar-refractivity contribution in [1.82, 2.24) is 4.90 Å². The van der Waals surface area contributed by atoms with Gasteiger partial charge in [-0.05, 0) is 66.1 Å². The van der Waals surface area contributed by atoms with Crippen molar-refractivity contribution in [3.05, 3.63) is 24.0 Å². The van der Waals surface area contributed by atoms with Crippen molar-refractivity contribution in [3.63, 3.8) is 0 Å². The van der Waals surface area contributed by atoms with E-state index >= 15 is 0 Å². The highest BCUT2D eigenvalue weighted by atomic mass is 19.1. The Morgan fingerprint density at radius 1 is 1.17 bits per heavy atom. The predicted molar refractivity (Wildman–Crippen MR) is 112 cm³/mol. The van der Waals surface area contributed by atoms with Gasteiger partial charge in [-0.15, -0.1) is 0 Å². The van der Waals surface area contributed by atoms with Crippen LogP contribution in [0.5, 0.6) is 0 Å². The minimum absolute atomic E-state index is 0.159. The van der Waals surface area contributed by atoms with Gasteiger partial charge in [0.05, 0.1) is 16.9 Å². The number of ether oxygens (including phenoxy) is 1. The third-order valence-corrected chi connectivity index (χ3v) is 5.62. The number of carbonyl (C=O) groups is 2. The van der Waals surface area contributed by atoms with Crippen LogP contribution in [-0.4, -0.2) is 60.5 Å². The first kappa shape index (κ1) is 22.6. The van der Waals surface area contributed by atoms with Crippen LogP contribution in [0.3, 0.4) is 0 Å². The van der Waals surface area contributed by atoms with Crippen LogP contribution in [0.1, 0.15) is 48.5 Å². The fourth-order valence-corrected chi connectivity index (χ4v) is 3.35. The molecule has 0 N–H and O–H groups in total. The van der Waals surface area contributed by atoms with Gasteiger partial charge in [0.15, 0.2) is 0 Å². The highest BCUT2D eigenvalue weighted by Gasteiger charge is 2.51. The highest BCUT2D eigenvalue weighted by Crippen LogP contribution is 2.36. The molecule has 2 heterocycles. The Morgan fingerprint density at radius 3 is 2.30 bits per heavy atom. The molecule has 30 heavy (non-hydrogen) atoms. The number of anilines is 1. The summed E-state index contributed by atoms with van der Waals surface area (Å²) in [5.41, 5.74) is -0.978. The summed E-state index contributed by atoms with van der Waals surface area (Å²) in [6, 6.07) is 4.15. The van der Waals surface area contributed by atoms with Gasteiger partial charge >= 0.3 is 19.1 Å². The van der Waals surface area contributed by atoms with E-state index in [1.165, 1.54) is 15.9 Å². The lowest BCUT2D eigenvalue weighted by molar-refractivity contribution is -0.155. The monoisotopic (exact) mass is 420 g/mol. The van der Waals surface area contributed by atoms with Crippen LogP contribution in [0, 0.1) is 5.82 Å². The van der Waals surface area contributed by atoms with Crippen molar-refractivity contribution in [2.45, 2.75) is 65.3 Å². The molecule has 0 bridgehead atoms. The van der Waals surface area contributed by atoms with Gasteiger partial charge in [0.2, 0.25) is 0 Å². The second-order valence-electron chi connectivity index (χ2n) is 9.74. The van der Waals surface area contributed by atoms with E-state index in [-0.39, 0.29) is 18.8 Å². The van der Waals surface area contributed by atoms with Crippen molar-refractivity contribution in [2.24, 2.45) is 0 Å². The molecule has 1 aromatic rings. The Balaban J connectivity index is 1.70. The lowest BCUT2D eigenvalue weighted by Crippen LogP contribution is -2.41. The van der Waals surface area contributed by atoms with Crippen LogP contribution < -0.4 is 10.4 Å². The molecule has 2 saturated heterocycles. The van der Waals surface area contributed by atoms with Crippen LogP contribution in [-0.2, 0) is 18.8 Å². The molecule has 2 amide bonds. The van der Waals surface area contributed by atoms with Gasteiger partial charge in [-0.3, -0.25) is 9.69 Å². The summed E-state index contributed by atoms with van der Waals surface area (Å²) in [5, 5.41) is 0. The Morgan fingerprint density at radius 2 is 1.77 bits per heavy atom. The van der Waals surface area contributed by atoms with E-state index in [1.807, 2.05) is 27.7 Å². The smallest absolute Gasteiger partial charge is 0.459 e. The van der Waals surface area contributed by atoms with Crippen molar-refractivity contribution in [1.29, 1.82) is 0 Å². The number of hydrogen-bond donors (Lipinski definition) is 0. The van der Waals surface area contributed by atoms with Gasteiger partial charge in [0, 0.05) is 13.1 Å². The van der Waals surface area contributed by atoms with Crippen molar-refractivity contribution >= 4 is 30.3 Å². The van der Waals surface area contributed by atoms with E-state index in [9.17, 15) is 14.0 Å². The molecule has 0 spiro atoms. The largest absolute Gasteiger partial charge is 0.494 e. The molecule has 2 aliphatic heterocycles. The lowest BCUT2D eigenvalue weighted by atomic mass is 9.79. The molecule has 0 saturated carbocycles. The van der Waals surface area contributed by atoms with E-state index in [4.69, 9.17) is 14.0 Å². The first-order valence-corrected chi connectivity index (χ1v) is 10.1. The number of nitrogens with zero attached hydrogens (tertiary/aromatic N) is 2. The fourth-order valence-electron chi connectivity index (χ4n) is 3.35. The number of benzene rings is 1. The van der Waals surface area contributed by atoms with Gasteiger partial charge in [-0.25, -0.2) is 9.18 Å². The number of hydrogen-bond acceptors (Lipinski definition) is 5. The molecule has 9 heteroatoms. The molecule has 0 radical (unpaired) electrons. The zero-order valence-corrected chi connectivity index (χ0v) is 18.7. The standard InChI is InChI=1S/C21H30BFN2O5/c1-19(2,3)28-17(26)13-24-10-11-25(18(24)27)16-9-8-14(12-15(16)23)22-29-20(4,5)21(6,7)30-22/h8-9,12H,10-11,13H2,1-7H3. The number of carbonyl (C=O) groups excluding carboxylic acids is 2. The molecule has 0 atom stereocenters. The summed E-state index contributed by atoms with van der Waals surface area (Å²) < 4.78 is 32.1. The highest BCUT2D eigenvalue weighted by molar-refractivity contribution is 6.62. The van der Waals surface area contributed by atoms with Crippen molar-refractivity contribution in [3.8, 4) is 0 Å². The Labute approximate surface area is 177 Å². The molecular formula is C21H30BFN2O5. The minimum Gasteiger partial charge on any atom is -0.459 e. The summed E-state index contributed by atoms with van der Waals surface area (Å²) in [6.07, 6.45) is 0. The lowest BCUT2D eigenvalue weighted by Gasteiger charge is -2.32. The molecule has 3 rings (SSSR count). The quantitative estimate of drug-likeness (QED) is 0.554. The minimum atomic E-state index is -0.684. The van der Waals surface area contributed by atoms with E-state index < -0.39 is 41.7 Å². The molecular weight excluding hydrogens is 390 g/mol. The third-order valence-electron chi connectivity index (χ3n) is 5.62. The van der Waals surface area contributed by atoms with Crippen LogP contribution in [0.15, 0.2) is 18.2 Å².